The molecule has 0 bridgehead atoms. The van der Waals surface area contributed by atoms with Crippen LogP contribution in [0.4, 0.5) is 0 Å². The van der Waals surface area contributed by atoms with Crippen LogP contribution in [0.2, 0.25) is 0 Å². The van der Waals surface area contributed by atoms with E-state index >= 15 is 0 Å². The molecule has 5 aliphatic heterocycles. The fraction of sp³-hybridized carbons (Fsp3) is 0.816. The van der Waals surface area contributed by atoms with Crippen molar-refractivity contribution in [3.05, 3.63) is 23.3 Å². The van der Waals surface area contributed by atoms with Crippen LogP contribution in [0.3, 0.4) is 0 Å². The molecule has 6 N–H and O–H groups in total. The molecule has 0 aromatic heterocycles. The first kappa shape index (κ1) is 35.5. The lowest BCUT2D eigenvalue weighted by Gasteiger charge is -2.58. The topological polar surface area (TPSA) is 141 Å². The van der Waals surface area contributed by atoms with Crippen LogP contribution in [0.15, 0.2) is 23.3 Å². The van der Waals surface area contributed by atoms with E-state index in [-0.39, 0.29) is 54.0 Å². The summed E-state index contributed by atoms with van der Waals surface area (Å²) in [5.74, 6) is 2.14. The molecule has 0 aromatic rings. The maximum Gasteiger partial charge on any atom is 0.334 e. The van der Waals surface area contributed by atoms with Gasteiger partial charge in [0.2, 0.25) is 5.91 Å². The Morgan fingerprint density at radius 2 is 1.98 bits per heavy atom. The van der Waals surface area contributed by atoms with Crippen LogP contribution in [0.5, 0.6) is 0 Å². The summed E-state index contributed by atoms with van der Waals surface area (Å²) in [7, 11) is 6.13. The van der Waals surface area contributed by atoms with Crippen molar-refractivity contribution in [1.29, 1.82) is 0 Å². The molecule has 7 unspecified atom stereocenters. The molecule has 14 atom stereocenters. The Morgan fingerprint density at radius 1 is 1.14 bits per heavy atom. The number of carbonyl (C=O) groups is 3. The molecule has 1 spiro atoms. The van der Waals surface area contributed by atoms with E-state index in [2.05, 4.69) is 35.6 Å². The molecular weight excluding hydrogens is 673 g/mol. The zero-order valence-electron chi connectivity index (χ0n) is 30.2. The molecule has 8 rings (SSSR count). The second kappa shape index (κ2) is 13.7. The monoisotopic (exact) mass is 730 g/mol. The van der Waals surface area contributed by atoms with E-state index in [0.717, 1.165) is 50.9 Å². The third kappa shape index (κ3) is 5.90. The fourth-order valence-corrected chi connectivity index (χ4v) is 14.8. The van der Waals surface area contributed by atoms with Crippen molar-refractivity contribution in [1.82, 2.24) is 4.90 Å². The van der Waals surface area contributed by atoms with Gasteiger partial charge in [0.05, 0.1) is 37.7 Å². The van der Waals surface area contributed by atoms with Gasteiger partial charge in [-0.05, 0) is 64.2 Å². The molecule has 10 nitrogen and oxygen atoms in total. The summed E-state index contributed by atoms with van der Waals surface area (Å²) in [4.78, 5) is 42.7. The standard InChI is InChI=1S/C38H56N4O6S2/c1-5-20(2)36(45)48-37(3)11-10-22-19-49-50-30-8-7-27(40-4)26-18-42(35(26)30)32(43)13-24-17-41-31(39)14-25(24)34(22)38(37)16-23-12-21-6-9-33(44)46-28(21)15-29(23)47-38/h5,10,21,23-31,34-35,40-41H,6-9,11-19,39H2,1-4H3/p+2/t21?,23?,24?,25?,26-,27-,28?,29?,30-,31?,34-,35-,37-,38-/m0/s1. The van der Waals surface area contributed by atoms with Crippen LogP contribution in [-0.4, -0.2) is 95.5 Å². The molecule has 7 fully saturated rings. The number of hydrogen-bond donors (Lipinski definition) is 3. The van der Waals surface area contributed by atoms with Crippen molar-refractivity contribution in [2.24, 2.45) is 41.2 Å². The molecular formula is C38H58N4O6S2+2. The number of esters is 2. The van der Waals surface area contributed by atoms with E-state index in [4.69, 9.17) is 19.9 Å². The van der Waals surface area contributed by atoms with Gasteiger partial charge < -0.3 is 29.7 Å². The van der Waals surface area contributed by atoms with Crippen LogP contribution in [0, 0.1) is 35.5 Å². The summed E-state index contributed by atoms with van der Waals surface area (Å²) in [6.45, 7) is 7.47. The molecule has 2 saturated carbocycles. The van der Waals surface area contributed by atoms with E-state index in [9.17, 15) is 14.4 Å². The minimum Gasteiger partial charge on any atom is -0.462 e. The first-order valence-electron chi connectivity index (χ1n) is 19.4. The Balaban J connectivity index is 1.19. The van der Waals surface area contributed by atoms with Crippen LogP contribution >= 0.6 is 21.6 Å². The predicted octanol–water partition coefficient (Wildman–Crippen LogP) is 2.28. The average Bonchev–Trinajstić information content (AvgIpc) is 3.45. The summed E-state index contributed by atoms with van der Waals surface area (Å²) in [6.07, 6.45) is 11.9. The quantitative estimate of drug-likeness (QED) is 0.173. The Kier molecular flexibility index (Phi) is 9.71. The smallest absolute Gasteiger partial charge is 0.334 e. The van der Waals surface area contributed by atoms with E-state index < -0.39 is 11.2 Å². The zero-order chi connectivity index (χ0) is 34.9. The molecule has 5 heterocycles. The summed E-state index contributed by atoms with van der Waals surface area (Å²) >= 11 is 0. The molecule has 0 radical (unpaired) electrons. The number of quaternary nitrogens is 2. The fourth-order valence-electron chi connectivity index (χ4n) is 11.7. The lowest BCUT2D eigenvalue weighted by molar-refractivity contribution is -0.706. The van der Waals surface area contributed by atoms with E-state index in [1.54, 1.807) is 0 Å². The van der Waals surface area contributed by atoms with Crippen molar-refractivity contribution in [3.8, 4) is 0 Å². The van der Waals surface area contributed by atoms with Crippen LogP contribution in [0.25, 0.3) is 0 Å². The lowest BCUT2D eigenvalue weighted by atomic mass is 9.56. The second-order valence-corrected chi connectivity index (χ2v) is 19.6. The Morgan fingerprint density at radius 3 is 2.78 bits per heavy atom. The predicted molar refractivity (Wildman–Crippen MR) is 192 cm³/mol. The summed E-state index contributed by atoms with van der Waals surface area (Å²) < 4.78 is 20.2. The number of amides is 1. The van der Waals surface area contributed by atoms with Crippen molar-refractivity contribution >= 4 is 39.4 Å². The summed E-state index contributed by atoms with van der Waals surface area (Å²) in [5, 5.41) is 5.04. The minimum absolute atomic E-state index is 0.0504. The van der Waals surface area contributed by atoms with Gasteiger partial charge in [-0.15, -0.1) is 0 Å². The van der Waals surface area contributed by atoms with Gasteiger partial charge in [-0.2, -0.15) is 0 Å². The van der Waals surface area contributed by atoms with Gasteiger partial charge in [-0.25, -0.2) is 4.79 Å². The molecule has 0 aromatic carbocycles. The van der Waals surface area contributed by atoms with Crippen molar-refractivity contribution in [2.45, 2.75) is 132 Å². The lowest BCUT2D eigenvalue weighted by Crippen LogP contribution is -2.96. The zero-order valence-corrected chi connectivity index (χ0v) is 31.9. The number of nitrogens with zero attached hydrogens (tertiary/aromatic N) is 1. The number of allylic oxidation sites excluding steroid dienone is 1. The number of hydrogen-bond acceptors (Lipinski definition) is 9. The first-order valence-corrected chi connectivity index (χ1v) is 21.8. The highest BCUT2D eigenvalue weighted by atomic mass is 33.1. The van der Waals surface area contributed by atoms with Crippen molar-refractivity contribution in [3.63, 3.8) is 0 Å². The number of rotatable bonds is 3. The Labute approximate surface area is 304 Å². The van der Waals surface area contributed by atoms with Crippen LogP contribution in [-0.2, 0) is 28.6 Å². The van der Waals surface area contributed by atoms with Gasteiger partial charge in [0.15, 0.2) is 0 Å². The van der Waals surface area contributed by atoms with Crippen LogP contribution < -0.4 is 16.4 Å². The molecule has 276 valence electrons. The molecule has 1 amide bonds. The summed E-state index contributed by atoms with van der Waals surface area (Å²) in [6, 6.07) is 0.918. The number of fused-ring (bicyclic) bond motifs is 6. The van der Waals surface area contributed by atoms with Crippen molar-refractivity contribution < 1.29 is 39.2 Å². The van der Waals surface area contributed by atoms with E-state index in [1.165, 1.54) is 12.0 Å². The van der Waals surface area contributed by atoms with E-state index in [1.807, 2.05) is 41.5 Å². The highest BCUT2D eigenvalue weighted by molar-refractivity contribution is 8.77. The van der Waals surface area contributed by atoms with Gasteiger partial charge in [0.25, 0.3) is 0 Å². The maximum atomic E-state index is 14.4. The number of piperidine rings is 1. The highest BCUT2D eigenvalue weighted by Crippen LogP contribution is 2.62. The Bertz CT molecular complexity index is 1440. The van der Waals surface area contributed by atoms with Gasteiger partial charge in [-0.3, -0.25) is 15.3 Å². The second-order valence-electron chi connectivity index (χ2n) is 17.0. The molecule has 3 aliphatic carbocycles. The average molecular weight is 731 g/mol. The van der Waals surface area contributed by atoms with Crippen LogP contribution in [0.1, 0.15) is 85.0 Å². The van der Waals surface area contributed by atoms with E-state index in [0.29, 0.717) is 66.3 Å². The maximum absolute atomic E-state index is 14.4. The molecule has 12 heteroatoms. The number of carbonyl (C=O) groups excluding carboxylic acids is 3. The van der Waals surface area contributed by atoms with Crippen molar-refractivity contribution in [2.75, 3.05) is 25.9 Å². The normalized spacial score (nSPS) is 47.5. The largest absolute Gasteiger partial charge is 0.462 e. The molecule has 5 saturated heterocycles. The highest BCUT2D eigenvalue weighted by Gasteiger charge is 2.68. The van der Waals surface area contributed by atoms with Gasteiger partial charge in [-0.1, -0.05) is 39.3 Å². The number of ether oxygens (including phenoxy) is 3. The molecule has 50 heavy (non-hydrogen) atoms. The third-order valence-corrected chi connectivity index (χ3v) is 17.4. The summed E-state index contributed by atoms with van der Waals surface area (Å²) in [5.41, 5.74) is 7.06. The third-order valence-electron chi connectivity index (χ3n) is 14.5. The van der Waals surface area contributed by atoms with Gasteiger partial charge in [0, 0.05) is 73.5 Å². The number of nitrogens with two attached hydrogens (primary N) is 3. The Hall–Kier alpha value is -1.57. The SMILES string of the molecule is CC=C(C)C(=O)O[C@@]1(C)CC=C2CSS[C@H]3CC[C@H]([NH2+]C)[C@@H]4CN(C(=O)CC5C[NH2+]C(N)CC5[C@H]2[C@@]12CC1CC5CCC(=O)OC5CC1O2)[C@@H]43. The van der Waals surface area contributed by atoms with Gasteiger partial charge >= 0.3 is 11.9 Å². The molecule has 8 aliphatic rings. The van der Waals surface area contributed by atoms with Gasteiger partial charge in [0.1, 0.15) is 23.5 Å². The first-order chi connectivity index (χ1) is 24.0. The minimum atomic E-state index is -0.915.